The Morgan fingerprint density at radius 3 is 2.43 bits per heavy atom. The number of hydrogen-bond donors (Lipinski definition) is 3. The van der Waals surface area contributed by atoms with Gasteiger partial charge in [0.1, 0.15) is 0 Å². The van der Waals surface area contributed by atoms with Crippen LogP contribution in [0, 0.1) is 0 Å². The number of rotatable bonds is 10. The van der Waals surface area contributed by atoms with Crippen LogP contribution in [0.4, 0.5) is 0 Å². The van der Waals surface area contributed by atoms with Gasteiger partial charge in [0.15, 0.2) is 5.96 Å². The second-order valence-corrected chi connectivity index (χ2v) is 5.14. The Morgan fingerprint density at radius 1 is 1.14 bits per heavy atom. The number of amides is 1. The molecular formula is C15H33IN4O. The molecule has 126 valence electrons. The van der Waals surface area contributed by atoms with Crippen molar-refractivity contribution in [2.24, 2.45) is 4.99 Å². The summed E-state index contributed by atoms with van der Waals surface area (Å²) >= 11 is 0. The maximum atomic E-state index is 10.8. The number of unbranched alkanes of at least 4 members (excludes halogenated alkanes) is 3. The summed E-state index contributed by atoms with van der Waals surface area (Å²) in [5.74, 6) is 0.822. The summed E-state index contributed by atoms with van der Waals surface area (Å²) in [6.45, 7) is 10.0. The van der Waals surface area contributed by atoms with Gasteiger partial charge in [-0.3, -0.25) is 9.79 Å². The second kappa shape index (κ2) is 15.9. The highest BCUT2D eigenvalue weighted by molar-refractivity contribution is 14.0. The van der Waals surface area contributed by atoms with Gasteiger partial charge in [-0.15, -0.1) is 24.0 Å². The molecule has 0 aliphatic heterocycles. The van der Waals surface area contributed by atoms with Crippen LogP contribution in [-0.4, -0.2) is 37.5 Å². The number of nitrogens with zero attached hydrogens (tertiary/aromatic N) is 1. The van der Waals surface area contributed by atoms with E-state index in [1.54, 1.807) is 0 Å². The summed E-state index contributed by atoms with van der Waals surface area (Å²) in [5.41, 5.74) is 0. The molecule has 5 nitrogen and oxygen atoms in total. The van der Waals surface area contributed by atoms with Crippen molar-refractivity contribution < 1.29 is 4.79 Å². The van der Waals surface area contributed by atoms with Crippen LogP contribution in [0.1, 0.15) is 59.8 Å². The van der Waals surface area contributed by atoms with Gasteiger partial charge in [0.05, 0.1) is 6.54 Å². The first kappa shape index (κ1) is 22.7. The molecule has 0 saturated heterocycles. The molecule has 0 aromatic heterocycles. The van der Waals surface area contributed by atoms with Gasteiger partial charge in [-0.05, 0) is 20.3 Å². The molecule has 1 amide bonds. The lowest BCUT2D eigenvalue weighted by atomic mass is 10.1. The van der Waals surface area contributed by atoms with Crippen molar-refractivity contribution in [1.82, 2.24) is 16.0 Å². The first-order valence-electron chi connectivity index (χ1n) is 7.89. The number of nitrogens with one attached hydrogen (secondary N) is 3. The van der Waals surface area contributed by atoms with Crippen LogP contribution in [0.3, 0.4) is 0 Å². The first-order chi connectivity index (χ1) is 9.60. The molecule has 0 aliphatic carbocycles. The van der Waals surface area contributed by atoms with Gasteiger partial charge in [0.2, 0.25) is 5.91 Å². The Labute approximate surface area is 147 Å². The minimum Gasteiger partial charge on any atom is -0.357 e. The fourth-order valence-corrected chi connectivity index (χ4v) is 1.90. The standard InChI is InChI=1S/C15H32N4O.HI/c1-5-7-8-9-10-13(3)19-15(16-6-2)18-12-11-17-14(4)20;/h13H,5-12H2,1-4H3,(H,17,20)(H2,16,18,19);1H. The van der Waals surface area contributed by atoms with Crippen molar-refractivity contribution in [3.63, 3.8) is 0 Å². The third-order valence-electron chi connectivity index (χ3n) is 2.97. The molecule has 0 radical (unpaired) electrons. The Hall–Kier alpha value is -0.530. The Bertz CT molecular complexity index is 285. The fourth-order valence-electron chi connectivity index (χ4n) is 1.90. The maximum absolute atomic E-state index is 10.8. The summed E-state index contributed by atoms with van der Waals surface area (Å²) in [6.07, 6.45) is 6.31. The molecule has 0 fully saturated rings. The van der Waals surface area contributed by atoms with Crippen molar-refractivity contribution in [2.75, 3.05) is 19.6 Å². The summed E-state index contributed by atoms with van der Waals surface area (Å²) in [4.78, 5) is 15.2. The minimum atomic E-state index is -0.0116. The summed E-state index contributed by atoms with van der Waals surface area (Å²) < 4.78 is 0. The maximum Gasteiger partial charge on any atom is 0.216 e. The fraction of sp³-hybridized carbons (Fsp3) is 0.867. The molecule has 1 unspecified atom stereocenters. The molecule has 0 spiro atoms. The Balaban J connectivity index is 0. The highest BCUT2D eigenvalue weighted by atomic mass is 127. The molecule has 0 bridgehead atoms. The smallest absolute Gasteiger partial charge is 0.216 e. The molecule has 6 heteroatoms. The van der Waals surface area contributed by atoms with E-state index in [4.69, 9.17) is 0 Å². The van der Waals surface area contributed by atoms with Gasteiger partial charge in [0, 0.05) is 26.1 Å². The van der Waals surface area contributed by atoms with E-state index in [1.807, 2.05) is 0 Å². The molecule has 0 aromatic rings. The highest BCUT2D eigenvalue weighted by Crippen LogP contribution is 2.04. The first-order valence-corrected chi connectivity index (χ1v) is 7.89. The molecule has 21 heavy (non-hydrogen) atoms. The quantitative estimate of drug-likeness (QED) is 0.224. The topological polar surface area (TPSA) is 65.5 Å². The van der Waals surface area contributed by atoms with Crippen LogP contribution in [0.25, 0.3) is 0 Å². The summed E-state index contributed by atoms with van der Waals surface area (Å²) in [7, 11) is 0. The lowest BCUT2D eigenvalue weighted by Crippen LogP contribution is -2.42. The van der Waals surface area contributed by atoms with Crippen LogP contribution in [0.5, 0.6) is 0 Å². The van der Waals surface area contributed by atoms with Gasteiger partial charge < -0.3 is 16.0 Å². The van der Waals surface area contributed by atoms with Gasteiger partial charge in [-0.25, -0.2) is 0 Å². The number of carbonyl (C=O) groups is 1. The van der Waals surface area contributed by atoms with E-state index < -0.39 is 0 Å². The van der Waals surface area contributed by atoms with Gasteiger partial charge in [0.25, 0.3) is 0 Å². The number of halogens is 1. The predicted octanol–water partition coefficient (Wildman–Crippen LogP) is 2.65. The molecule has 0 aromatic carbocycles. The minimum absolute atomic E-state index is 0. The summed E-state index contributed by atoms with van der Waals surface area (Å²) in [5, 5.41) is 9.38. The van der Waals surface area contributed by atoms with Gasteiger partial charge in [-0.2, -0.15) is 0 Å². The third-order valence-corrected chi connectivity index (χ3v) is 2.97. The highest BCUT2D eigenvalue weighted by Gasteiger charge is 2.04. The van der Waals surface area contributed by atoms with Gasteiger partial charge >= 0.3 is 0 Å². The number of guanidine groups is 1. The SMILES string of the molecule is CCCCCCC(C)NC(=NCCNC(C)=O)NCC.I. The molecule has 0 saturated carbocycles. The van der Waals surface area contributed by atoms with E-state index in [1.165, 1.54) is 32.6 Å². The Kier molecular flexibility index (Phi) is 17.2. The van der Waals surface area contributed by atoms with Crippen LogP contribution in [0.2, 0.25) is 0 Å². The number of carbonyl (C=O) groups excluding carboxylic acids is 1. The zero-order chi connectivity index (χ0) is 15.2. The van der Waals surface area contributed by atoms with Crippen molar-refractivity contribution in [3.8, 4) is 0 Å². The third kappa shape index (κ3) is 15.7. The predicted molar refractivity (Wildman–Crippen MR) is 101 cm³/mol. The lowest BCUT2D eigenvalue weighted by molar-refractivity contribution is -0.118. The van der Waals surface area contributed by atoms with E-state index in [9.17, 15) is 4.79 Å². The second-order valence-electron chi connectivity index (χ2n) is 5.14. The van der Waals surface area contributed by atoms with Crippen LogP contribution in [-0.2, 0) is 4.79 Å². The normalized spacial score (nSPS) is 12.3. The van der Waals surface area contributed by atoms with Crippen molar-refractivity contribution in [3.05, 3.63) is 0 Å². The van der Waals surface area contributed by atoms with Gasteiger partial charge in [-0.1, -0.05) is 32.6 Å². The zero-order valence-corrected chi connectivity index (χ0v) is 16.3. The van der Waals surface area contributed by atoms with Crippen molar-refractivity contribution in [1.29, 1.82) is 0 Å². The van der Waals surface area contributed by atoms with E-state index >= 15 is 0 Å². The molecule has 0 heterocycles. The van der Waals surface area contributed by atoms with Crippen LogP contribution < -0.4 is 16.0 Å². The zero-order valence-electron chi connectivity index (χ0n) is 14.0. The van der Waals surface area contributed by atoms with E-state index in [-0.39, 0.29) is 29.9 Å². The average Bonchev–Trinajstić information content (AvgIpc) is 2.39. The van der Waals surface area contributed by atoms with Crippen LogP contribution in [0.15, 0.2) is 4.99 Å². The molecule has 0 aliphatic rings. The molecular weight excluding hydrogens is 379 g/mol. The largest absolute Gasteiger partial charge is 0.357 e. The van der Waals surface area contributed by atoms with E-state index in [2.05, 4.69) is 41.7 Å². The number of aliphatic imine (C=N–C) groups is 1. The average molecular weight is 412 g/mol. The van der Waals surface area contributed by atoms with Crippen molar-refractivity contribution in [2.45, 2.75) is 65.8 Å². The molecule has 1 atom stereocenters. The molecule has 0 rings (SSSR count). The molecule has 3 N–H and O–H groups in total. The van der Waals surface area contributed by atoms with E-state index in [0.29, 0.717) is 19.1 Å². The Morgan fingerprint density at radius 2 is 1.86 bits per heavy atom. The lowest BCUT2D eigenvalue weighted by Gasteiger charge is -2.17. The van der Waals surface area contributed by atoms with Crippen LogP contribution >= 0.6 is 24.0 Å². The monoisotopic (exact) mass is 412 g/mol. The van der Waals surface area contributed by atoms with E-state index in [0.717, 1.165) is 18.9 Å². The summed E-state index contributed by atoms with van der Waals surface area (Å²) in [6, 6.07) is 0.422. The number of hydrogen-bond acceptors (Lipinski definition) is 2. The van der Waals surface area contributed by atoms with Crippen molar-refractivity contribution >= 4 is 35.8 Å².